The van der Waals surface area contributed by atoms with Gasteiger partial charge in [0.1, 0.15) is 0 Å². The van der Waals surface area contributed by atoms with E-state index in [0.717, 1.165) is 32.4 Å². The van der Waals surface area contributed by atoms with Gasteiger partial charge in [-0.25, -0.2) is 0 Å². The number of hydrogen-bond acceptors (Lipinski definition) is 1. The quantitative estimate of drug-likeness (QED) is 0.511. The normalized spacial score (nSPS) is 18.4. The first-order valence-electron chi connectivity index (χ1n) is 12.7. The topological polar surface area (TPSA) is 24.4 Å². The number of nitrogens with one attached hydrogen (secondary N) is 1. The van der Waals surface area contributed by atoms with Crippen LogP contribution in [0.25, 0.3) is 0 Å². The van der Waals surface area contributed by atoms with E-state index in [4.69, 9.17) is 4.99 Å². The van der Waals surface area contributed by atoms with Gasteiger partial charge in [0.05, 0.1) is 12.4 Å². The van der Waals surface area contributed by atoms with Crippen LogP contribution in [-0.4, -0.2) is 18.9 Å². The van der Waals surface area contributed by atoms with Crippen molar-refractivity contribution in [2.45, 2.75) is 89.4 Å². The molecule has 1 saturated heterocycles. The predicted molar refractivity (Wildman–Crippen MR) is 135 cm³/mol. The molecule has 1 fully saturated rings. The van der Waals surface area contributed by atoms with Gasteiger partial charge < -0.3 is 5.32 Å². The summed E-state index contributed by atoms with van der Waals surface area (Å²) in [6, 6.07) is 22.1. The molecular weight excluding hydrogens is 376 g/mol. The molecule has 2 aromatic rings. The molecule has 1 heterocycles. The highest BCUT2D eigenvalue weighted by Crippen LogP contribution is 2.37. The Morgan fingerprint density at radius 3 is 1.77 bits per heavy atom. The van der Waals surface area contributed by atoms with Gasteiger partial charge in [-0.05, 0) is 30.4 Å². The fourth-order valence-electron chi connectivity index (χ4n) is 5.00. The average molecular weight is 419 g/mol. The maximum Gasteiger partial charge on any atom is 0.0963 e. The molecule has 0 amide bonds. The number of nitrogens with zero attached hydrogens (tertiary/aromatic N) is 1. The second-order valence-electron chi connectivity index (χ2n) is 9.19. The van der Waals surface area contributed by atoms with Gasteiger partial charge in [0.25, 0.3) is 0 Å². The number of aliphatic imine (C=N–C) groups is 1. The van der Waals surface area contributed by atoms with Crippen LogP contribution in [0.2, 0.25) is 0 Å². The Bertz CT molecular complexity index is 695. The van der Waals surface area contributed by atoms with Gasteiger partial charge in [-0.1, -0.05) is 119 Å². The van der Waals surface area contributed by atoms with Gasteiger partial charge in [-0.3, -0.25) is 4.99 Å². The van der Waals surface area contributed by atoms with E-state index in [2.05, 4.69) is 72.9 Å². The van der Waals surface area contributed by atoms with Crippen molar-refractivity contribution in [1.82, 2.24) is 5.32 Å². The molecule has 31 heavy (non-hydrogen) atoms. The summed E-state index contributed by atoms with van der Waals surface area (Å²) in [7, 11) is 0. The number of hydrogen-bond donors (Lipinski definition) is 1. The Hall–Kier alpha value is -2.09. The van der Waals surface area contributed by atoms with Crippen LogP contribution < -0.4 is 5.32 Å². The first-order chi connectivity index (χ1) is 15.3. The van der Waals surface area contributed by atoms with E-state index >= 15 is 0 Å². The van der Waals surface area contributed by atoms with Crippen LogP contribution in [0.15, 0.2) is 65.7 Å². The number of amidine groups is 1. The lowest BCUT2D eigenvalue weighted by Crippen LogP contribution is -2.33. The average Bonchev–Trinajstić information content (AvgIpc) is 2.85. The largest absolute Gasteiger partial charge is 0.374 e. The molecule has 0 unspecified atom stereocenters. The van der Waals surface area contributed by atoms with Gasteiger partial charge in [-0.15, -0.1) is 0 Å². The summed E-state index contributed by atoms with van der Waals surface area (Å²) < 4.78 is 0. The van der Waals surface area contributed by atoms with Crippen LogP contribution in [0.3, 0.4) is 0 Å². The first kappa shape index (κ1) is 23.6. The smallest absolute Gasteiger partial charge is 0.0963 e. The maximum atomic E-state index is 5.28. The second kappa shape index (κ2) is 13.3. The molecule has 2 aromatic carbocycles. The van der Waals surface area contributed by atoms with E-state index < -0.39 is 0 Å². The molecule has 0 spiro atoms. The highest BCUT2D eigenvalue weighted by atomic mass is 15.0. The summed E-state index contributed by atoms with van der Waals surface area (Å²) >= 11 is 0. The fraction of sp³-hybridized carbons (Fsp3) is 0.552. The molecule has 0 radical (unpaired) electrons. The summed E-state index contributed by atoms with van der Waals surface area (Å²) in [6.07, 6.45) is 15.5. The van der Waals surface area contributed by atoms with Gasteiger partial charge in [0, 0.05) is 18.4 Å². The van der Waals surface area contributed by atoms with E-state index in [1.54, 1.807) is 0 Å². The summed E-state index contributed by atoms with van der Waals surface area (Å²) in [4.78, 5) is 5.28. The molecule has 0 bridgehead atoms. The third kappa shape index (κ3) is 7.23. The molecule has 0 saturated carbocycles. The zero-order chi connectivity index (χ0) is 21.6. The Morgan fingerprint density at radius 2 is 1.23 bits per heavy atom. The molecule has 0 aromatic heterocycles. The minimum atomic E-state index is -0.0624. The van der Waals surface area contributed by atoms with Crippen LogP contribution in [0.4, 0.5) is 0 Å². The van der Waals surface area contributed by atoms with Crippen molar-refractivity contribution >= 4 is 5.84 Å². The van der Waals surface area contributed by atoms with Crippen molar-refractivity contribution in [1.29, 1.82) is 0 Å². The van der Waals surface area contributed by atoms with Crippen LogP contribution in [0.1, 0.15) is 95.1 Å². The zero-order valence-electron chi connectivity index (χ0n) is 19.6. The highest BCUT2D eigenvalue weighted by molar-refractivity contribution is 5.82. The molecule has 0 aliphatic carbocycles. The molecule has 168 valence electrons. The third-order valence-corrected chi connectivity index (χ3v) is 6.79. The molecule has 1 N–H and O–H groups in total. The molecule has 2 nitrogen and oxygen atoms in total. The van der Waals surface area contributed by atoms with Crippen molar-refractivity contribution in [3.63, 3.8) is 0 Å². The summed E-state index contributed by atoms with van der Waals surface area (Å²) in [5.74, 6) is 1.23. The van der Waals surface area contributed by atoms with Crippen molar-refractivity contribution in [3.8, 4) is 0 Å². The SMILES string of the molecule is CCCC(C/N=C1/CCCCCCCCCCCN1)(c1ccccc1)c1ccccc1. The molecular formula is C29H42N2. The number of benzene rings is 2. The fourth-order valence-corrected chi connectivity index (χ4v) is 5.00. The van der Waals surface area contributed by atoms with Crippen molar-refractivity contribution in [2.75, 3.05) is 13.1 Å². The molecule has 3 rings (SSSR count). The van der Waals surface area contributed by atoms with Gasteiger partial charge >= 0.3 is 0 Å². The monoisotopic (exact) mass is 418 g/mol. The van der Waals surface area contributed by atoms with Gasteiger partial charge in [0.2, 0.25) is 0 Å². The second-order valence-corrected chi connectivity index (χ2v) is 9.19. The molecule has 2 heteroatoms. The summed E-state index contributed by atoms with van der Waals surface area (Å²) in [6.45, 7) is 4.18. The lowest BCUT2D eigenvalue weighted by atomic mass is 9.71. The molecule has 0 atom stereocenters. The lowest BCUT2D eigenvalue weighted by Gasteiger charge is -2.34. The van der Waals surface area contributed by atoms with E-state index in [1.165, 1.54) is 74.7 Å². The van der Waals surface area contributed by atoms with Crippen LogP contribution in [0.5, 0.6) is 0 Å². The maximum absolute atomic E-state index is 5.28. The number of rotatable bonds is 6. The first-order valence-corrected chi connectivity index (χ1v) is 12.7. The Morgan fingerprint density at radius 1 is 0.710 bits per heavy atom. The third-order valence-electron chi connectivity index (χ3n) is 6.79. The summed E-state index contributed by atoms with van der Waals surface area (Å²) in [5, 5.41) is 3.73. The highest BCUT2D eigenvalue weighted by Gasteiger charge is 2.33. The van der Waals surface area contributed by atoms with Crippen molar-refractivity contribution < 1.29 is 0 Å². The van der Waals surface area contributed by atoms with E-state index in [9.17, 15) is 0 Å². The minimum Gasteiger partial charge on any atom is -0.374 e. The Balaban J connectivity index is 1.85. The Kier molecular flexibility index (Phi) is 10.2. The van der Waals surface area contributed by atoms with Gasteiger partial charge in [0.15, 0.2) is 0 Å². The predicted octanol–water partition coefficient (Wildman–Crippen LogP) is 7.68. The Labute approximate surface area is 190 Å². The van der Waals surface area contributed by atoms with Crippen molar-refractivity contribution in [3.05, 3.63) is 71.8 Å². The molecule has 1 aliphatic rings. The van der Waals surface area contributed by atoms with E-state index in [0.29, 0.717) is 0 Å². The minimum absolute atomic E-state index is 0.0624. The van der Waals surface area contributed by atoms with Crippen LogP contribution in [-0.2, 0) is 5.41 Å². The zero-order valence-corrected chi connectivity index (χ0v) is 19.6. The van der Waals surface area contributed by atoms with E-state index in [1.807, 2.05) is 0 Å². The standard InChI is InChI=1S/C29H42N2/c1-2-23-29(26-18-12-10-13-19-26,27-20-14-11-15-21-27)25-31-28-22-16-8-6-4-3-5-7-9-17-24-30-28/h10-15,18-21H,2-9,16-17,22-25H2,1H3,(H,30,31). The van der Waals surface area contributed by atoms with E-state index in [-0.39, 0.29) is 5.41 Å². The van der Waals surface area contributed by atoms with Crippen LogP contribution >= 0.6 is 0 Å². The van der Waals surface area contributed by atoms with Crippen molar-refractivity contribution in [2.24, 2.45) is 4.99 Å². The van der Waals surface area contributed by atoms with Crippen LogP contribution in [0, 0.1) is 0 Å². The lowest BCUT2D eigenvalue weighted by molar-refractivity contribution is 0.475. The molecule has 1 aliphatic heterocycles. The summed E-state index contributed by atoms with van der Waals surface area (Å²) in [5.41, 5.74) is 2.71. The van der Waals surface area contributed by atoms with Gasteiger partial charge in [-0.2, -0.15) is 0 Å².